The van der Waals surface area contributed by atoms with Gasteiger partial charge in [-0.15, -0.1) is 11.3 Å². The summed E-state index contributed by atoms with van der Waals surface area (Å²) >= 11 is 7.76. The van der Waals surface area contributed by atoms with Crippen LogP contribution in [0.5, 0.6) is 0 Å². The van der Waals surface area contributed by atoms with Gasteiger partial charge in [0.25, 0.3) is 5.91 Å². The van der Waals surface area contributed by atoms with Crippen molar-refractivity contribution in [3.63, 3.8) is 0 Å². The average molecular weight is 520 g/mol. The third-order valence-corrected chi connectivity index (χ3v) is 8.09. The lowest BCUT2D eigenvalue weighted by molar-refractivity contribution is -0.173. The number of carbonyl (C=O) groups excluding carboxylic acids is 1. The van der Waals surface area contributed by atoms with Gasteiger partial charge in [-0.25, -0.2) is 4.68 Å². The molecule has 182 valence electrons. The van der Waals surface area contributed by atoms with Crippen molar-refractivity contribution in [3.05, 3.63) is 62.6 Å². The number of nitriles is 1. The van der Waals surface area contributed by atoms with E-state index in [4.69, 9.17) is 11.6 Å². The number of nitrogens with zero attached hydrogens (tertiary/aromatic N) is 3. The minimum Gasteiger partial charge on any atom is -0.362 e. The minimum absolute atomic E-state index is 0.0564. The first-order valence-electron chi connectivity index (χ1n) is 11.2. The summed E-state index contributed by atoms with van der Waals surface area (Å²) < 4.78 is 42.7. The average Bonchev–Trinajstić information content (AvgIpc) is 3.34. The number of fused-ring (bicyclic) bond motifs is 2. The molecule has 1 aliphatic heterocycles. The predicted molar refractivity (Wildman–Crippen MR) is 128 cm³/mol. The highest BCUT2D eigenvalue weighted by atomic mass is 35.5. The fourth-order valence-electron chi connectivity index (χ4n) is 4.76. The summed E-state index contributed by atoms with van der Waals surface area (Å²) in [5.74, 6) is -0.327. The van der Waals surface area contributed by atoms with Crippen LogP contribution in [0.1, 0.15) is 63.9 Å². The van der Waals surface area contributed by atoms with Crippen LogP contribution in [0.15, 0.2) is 30.3 Å². The number of halogens is 4. The van der Waals surface area contributed by atoms with Crippen molar-refractivity contribution in [1.82, 2.24) is 9.78 Å². The first kappa shape index (κ1) is 23.7. The number of hydrogen-bond acceptors (Lipinski definition) is 5. The Morgan fingerprint density at radius 2 is 2.09 bits per heavy atom. The largest absolute Gasteiger partial charge is 0.410 e. The van der Waals surface area contributed by atoms with Gasteiger partial charge < -0.3 is 10.6 Å². The van der Waals surface area contributed by atoms with E-state index in [0.29, 0.717) is 22.0 Å². The number of rotatable bonds is 3. The molecule has 0 radical (unpaired) electrons. The second-order valence-electron chi connectivity index (χ2n) is 8.98. The summed E-state index contributed by atoms with van der Waals surface area (Å²) in [6.07, 6.45) is -2.36. The molecule has 1 aromatic carbocycles. The Labute approximate surface area is 208 Å². The molecule has 35 heavy (non-hydrogen) atoms. The summed E-state index contributed by atoms with van der Waals surface area (Å²) in [6.45, 7) is 2.13. The zero-order valence-corrected chi connectivity index (χ0v) is 20.2. The Hall–Kier alpha value is -3.03. The molecule has 2 aliphatic rings. The van der Waals surface area contributed by atoms with Gasteiger partial charge >= 0.3 is 6.18 Å². The van der Waals surface area contributed by atoms with Crippen molar-refractivity contribution in [2.75, 3.05) is 10.6 Å². The maximum absolute atomic E-state index is 14.0. The maximum atomic E-state index is 14.0. The third kappa shape index (κ3) is 4.28. The second kappa shape index (κ2) is 8.88. The molecule has 0 saturated carbocycles. The molecule has 1 amide bonds. The molecule has 6 nitrogen and oxygen atoms in total. The molecular formula is C24H21ClF3N5OS. The van der Waals surface area contributed by atoms with Gasteiger partial charge in [-0.2, -0.15) is 23.5 Å². The van der Waals surface area contributed by atoms with E-state index in [0.717, 1.165) is 34.4 Å². The van der Waals surface area contributed by atoms with Gasteiger partial charge in [-0.05, 0) is 36.3 Å². The van der Waals surface area contributed by atoms with E-state index in [-0.39, 0.29) is 23.0 Å². The second-order valence-corrected chi connectivity index (χ2v) is 10.5. The number of aromatic nitrogens is 2. The molecule has 3 atom stereocenters. The van der Waals surface area contributed by atoms with Crippen molar-refractivity contribution in [2.24, 2.45) is 5.92 Å². The Morgan fingerprint density at radius 3 is 2.77 bits per heavy atom. The van der Waals surface area contributed by atoms with Gasteiger partial charge in [0.2, 0.25) is 0 Å². The van der Waals surface area contributed by atoms with Gasteiger partial charge in [-0.1, -0.05) is 48.9 Å². The topological polar surface area (TPSA) is 82.7 Å². The van der Waals surface area contributed by atoms with Crippen LogP contribution in [0.25, 0.3) is 0 Å². The minimum atomic E-state index is -4.59. The fraction of sp³-hybridized carbons (Fsp3) is 0.375. The number of thiophene rings is 1. The molecule has 0 bridgehead atoms. The smallest absolute Gasteiger partial charge is 0.362 e. The normalized spacial score (nSPS) is 21.4. The highest BCUT2D eigenvalue weighted by Crippen LogP contribution is 2.46. The van der Waals surface area contributed by atoms with Crippen molar-refractivity contribution < 1.29 is 18.0 Å². The zero-order valence-electron chi connectivity index (χ0n) is 18.6. The number of benzene rings is 1. The molecule has 2 aromatic heterocycles. The third-order valence-electron chi connectivity index (χ3n) is 6.56. The lowest BCUT2D eigenvalue weighted by Crippen LogP contribution is -2.35. The van der Waals surface area contributed by atoms with Gasteiger partial charge in [0.1, 0.15) is 21.9 Å². The monoisotopic (exact) mass is 519 g/mol. The zero-order chi connectivity index (χ0) is 24.9. The lowest BCUT2D eigenvalue weighted by atomic mass is 9.89. The molecule has 11 heteroatoms. The molecule has 0 saturated heterocycles. The maximum Gasteiger partial charge on any atom is 0.410 e. The van der Waals surface area contributed by atoms with Crippen LogP contribution in [0, 0.1) is 17.2 Å². The molecule has 5 rings (SSSR count). The van der Waals surface area contributed by atoms with E-state index in [2.05, 4.69) is 28.7 Å². The molecule has 2 N–H and O–H groups in total. The molecule has 0 unspecified atom stereocenters. The predicted octanol–water partition coefficient (Wildman–Crippen LogP) is 6.51. The highest BCUT2D eigenvalue weighted by molar-refractivity contribution is 7.16. The molecular weight excluding hydrogens is 499 g/mol. The van der Waals surface area contributed by atoms with Crippen LogP contribution in [0.4, 0.5) is 24.0 Å². The van der Waals surface area contributed by atoms with E-state index >= 15 is 0 Å². The van der Waals surface area contributed by atoms with E-state index in [1.807, 2.05) is 0 Å². The molecule has 3 aromatic rings. The van der Waals surface area contributed by atoms with Gasteiger partial charge in [0.15, 0.2) is 11.7 Å². The van der Waals surface area contributed by atoms with E-state index in [9.17, 15) is 23.2 Å². The van der Waals surface area contributed by atoms with Crippen LogP contribution in [-0.2, 0) is 12.8 Å². The van der Waals surface area contributed by atoms with Crippen LogP contribution >= 0.6 is 22.9 Å². The standard InChI is InChI=1S/C24H21ClF3N5OS/c1-12-7-8-14-15(11-29)23(35-17(14)9-12)31-22(34)20-19(25)21-30-16(13-5-3-2-4-6-13)10-18(24(26,27)28)33(21)32-20/h2-6,12,16,18,30H,7-10H2,1H3,(H,31,34)/t12-,16-,18+/m1/s1. The van der Waals surface area contributed by atoms with Gasteiger partial charge in [0, 0.05) is 11.3 Å². The summed E-state index contributed by atoms with van der Waals surface area (Å²) in [7, 11) is 0. The Kier molecular flexibility index (Phi) is 6.01. The van der Waals surface area contributed by atoms with E-state index in [1.165, 1.54) is 11.3 Å². The highest BCUT2D eigenvalue weighted by Gasteiger charge is 2.48. The number of amides is 1. The first-order chi connectivity index (χ1) is 16.7. The number of carbonyl (C=O) groups is 1. The fourth-order valence-corrected chi connectivity index (χ4v) is 6.38. The van der Waals surface area contributed by atoms with Crippen molar-refractivity contribution in [2.45, 2.75) is 50.9 Å². The molecule has 3 heterocycles. The molecule has 1 aliphatic carbocycles. The van der Waals surface area contributed by atoms with Crippen LogP contribution in [-0.4, -0.2) is 21.9 Å². The Balaban J connectivity index is 1.49. The quantitative estimate of drug-likeness (QED) is 0.413. The van der Waals surface area contributed by atoms with Gasteiger partial charge in [-0.3, -0.25) is 4.79 Å². The van der Waals surface area contributed by atoms with E-state index in [1.54, 1.807) is 30.3 Å². The van der Waals surface area contributed by atoms with Crippen molar-refractivity contribution in [1.29, 1.82) is 5.26 Å². The van der Waals surface area contributed by atoms with Crippen LogP contribution in [0.2, 0.25) is 5.02 Å². The van der Waals surface area contributed by atoms with Gasteiger partial charge in [0.05, 0.1) is 11.6 Å². The van der Waals surface area contributed by atoms with Crippen molar-refractivity contribution >= 4 is 39.7 Å². The lowest BCUT2D eigenvalue weighted by Gasteiger charge is -2.33. The summed E-state index contributed by atoms with van der Waals surface area (Å²) in [4.78, 5) is 14.2. The first-order valence-corrected chi connectivity index (χ1v) is 12.4. The van der Waals surface area contributed by atoms with Crippen LogP contribution in [0.3, 0.4) is 0 Å². The number of alkyl halides is 3. The number of hydrogen-bond donors (Lipinski definition) is 2. The summed E-state index contributed by atoms with van der Waals surface area (Å²) in [5, 5.41) is 19.6. The van der Waals surface area contributed by atoms with E-state index < -0.39 is 24.2 Å². The molecule has 0 fully saturated rings. The summed E-state index contributed by atoms with van der Waals surface area (Å²) in [5.41, 5.74) is 1.69. The molecule has 0 spiro atoms. The van der Waals surface area contributed by atoms with Crippen molar-refractivity contribution in [3.8, 4) is 6.07 Å². The Morgan fingerprint density at radius 1 is 1.34 bits per heavy atom. The number of anilines is 2. The Bertz CT molecular complexity index is 1330. The SMILES string of the molecule is C[C@@H]1CCc2c(sc(NC(=O)c3nn4c(c3Cl)N[C@@H](c3ccccc3)C[C@H]4C(F)(F)F)c2C#N)C1. The van der Waals surface area contributed by atoms with Crippen LogP contribution < -0.4 is 10.6 Å². The number of nitrogens with one attached hydrogen (secondary N) is 2. The summed E-state index contributed by atoms with van der Waals surface area (Å²) in [6, 6.07) is 8.32.